The Labute approximate surface area is 129 Å². The summed E-state index contributed by atoms with van der Waals surface area (Å²) in [5.74, 6) is 0.850. The maximum absolute atomic E-state index is 5.89. The standard InChI is InChI=1S/C13H21IO4Si/c1-13(2,3)18-12-8-7-10(9-11(12)14)19(15-4,16-5)17-6/h7-9H,1-6H3. The van der Waals surface area contributed by atoms with Crippen LogP contribution in [0.15, 0.2) is 18.2 Å². The number of halogens is 1. The average Bonchev–Trinajstić information content (AvgIpc) is 2.34. The Bertz CT molecular complexity index is 419. The van der Waals surface area contributed by atoms with Gasteiger partial charge in [-0.15, -0.1) is 0 Å². The van der Waals surface area contributed by atoms with Gasteiger partial charge < -0.3 is 18.0 Å². The van der Waals surface area contributed by atoms with E-state index in [0.717, 1.165) is 14.5 Å². The van der Waals surface area contributed by atoms with Crippen LogP contribution >= 0.6 is 22.6 Å². The summed E-state index contributed by atoms with van der Waals surface area (Å²) >= 11 is 2.25. The van der Waals surface area contributed by atoms with E-state index in [1.165, 1.54) is 0 Å². The van der Waals surface area contributed by atoms with Crippen LogP contribution < -0.4 is 9.92 Å². The van der Waals surface area contributed by atoms with Gasteiger partial charge in [0.25, 0.3) is 0 Å². The summed E-state index contributed by atoms with van der Waals surface area (Å²) in [7, 11) is 2.04. The van der Waals surface area contributed by atoms with Crippen molar-refractivity contribution in [1.29, 1.82) is 0 Å². The third kappa shape index (κ3) is 4.15. The van der Waals surface area contributed by atoms with Crippen LogP contribution in [0.25, 0.3) is 0 Å². The van der Waals surface area contributed by atoms with Crippen molar-refractivity contribution in [3.8, 4) is 5.75 Å². The molecule has 1 aromatic rings. The lowest BCUT2D eigenvalue weighted by Gasteiger charge is -2.26. The molecule has 0 atom stereocenters. The molecule has 0 saturated carbocycles. The molecule has 1 aromatic carbocycles. The van der Waals surface area contributed by atoms with Gasteiger partial charge in [0.15, 0.2) is 0 Å². The Morgan fingerprint density at radius 1 is 1.00 bits per heavy atom. The average molecular weight is 396 g/mol. The van der Waals surface area contributed by atoms with Crippen LogP contribution in [-0.4, -0.2) is 35.7 Å². The van der Waals surface area contributed by atoms with Crippen LogP contribution in [0.3, 0.4) is 0 Å². The second-order valence-electron chi connectivity index (χ2n) is 5.03. The summed E-state index contributed by atoms with van der Waals surface area (Å²) < 4.78 is 23.3. The largest absolute Gasteiger partial charge is 0.536 e. The van der Waals surface area contributed by atoms with E-state index in [1.54, 1.807) is 21.3 Å². The number of benzene rings is 1. The zero-order chi connectivity index (χ0) is 14.7. The number of hydrogen-bond donors (Lipinski definition) is 0. The van der Waals surface area contributed by atoms with Gasteiger partial charge >= 0.3 is 8.80 Å². The lowest BCUT2D eigenvalue weighted by molar-refractivity contribution is 0.129. The van der Waals surface area contributed by atoms with Gasteiger partial charge in [0.05, 0.1) is 3.57 Å². The van der Waals surface area contributed by atoms with Crippen molar-refractivity contribution in [2.24, 2.45) is 0 Å². The van der Waals surface area contributed by atoms with Crippen LogP contribution in [0.5, 0.6) is 5.75 Å². The lowest BCUT2D eigenvalue weighted by Crippen LogP contribution is -2.54. The van der Waals surface area contributed by atoms with Gasteiger partial charge in [0.1, 0.15) is 11.4 Å². The molecule has 0 unspecified atom stereocenters. The molecule has 0 aliphatic rings. The fourth-order valence-electron chi connectivity index (χ4n) is 1.71. The molecular formula is C13H21IO4Si. The predicted octanol–water partition coefficient (Wildman–Crippen LogP) is 2.55. The van der Waals surface area contributed by atoms with Gasteiger partial charge in [-0.05, 0) is 55.5 Å². The Hall–Kier alpha value is -0.153. The van der Waals surface area contributed by atoms with Gasteiger partial charge in [-0.2, -0.15) is 0 Å². The SMILES string of the molecule is CO[Si](OC)(OC)c1ccc(OC(C)(C)C)c(I)c1. The highest BCUT2D eigenvalue weighted by Gasteiger charge is 2.41. The van der Waals surface area contributed by atoms with Gasteiger partial charge in [-0.1, -0.05) is 6.07 Å². The van der Waals surface area contributed by atoms with Crippen molar-refractivity contribution >= 4 is 36.6 Å². The van der Waals surface area contributed by atoms with E-state index in [0.29, 0.717) is 0 Å². The molecule has 6 heteroatoms. The minimum Gasteiger partial charge on any atom is -0.487 e. The molecule has 0 radical (unpaired) electrons. The second kappa shape index (κ2) is 6.53. The fourth-order valence-corrected chi connectivity index (χ4v) is 4.44. The van der Waals surface area contributed by atoms with Crippen molar-refractivity contribution in [2.75, 3.05) is 21.3 Å². The topological polar surface area (TPSA) is 36.9 Å². The molecule has 0 aliphatic heterocycles. The monoisotopic (exact) mass is 396 g/mol. The molecule has 0 aliphatic carbocycles. The molecule has 19 heavy (non-hydrogen) atoms. The van der Waals surface area contributed by atoms with Crippen LogP contribution in [0, 0.1) is 3.57 Å². The predicted molar refractivity (Wildman–Crippen MR) is 86.0 cm³/mol. The van der Waals surface area contributed by atoms with Crippen molar-refractivity contribution < 1.29 is 18.0 Å². The molecule has 0 spiro atoms. The van der Waals surface area contributed by atoms with Crippen molar-refractivity contribution in [1.82, 2.24) is 0 Å². The highest BCUT2D eigenvalue weighted by Crippen LogP contribution is 2.24. The minimum atomic E-state index is -2.77. The van der Waals surface area contributed by atoms with Crippen LogP contribution in [0.4, 0.5) is 0 Å². The van der Waals surface area contributed by atoms with Crippen LogP contribution in [0.1, 0.15) is 20.8 Å². The number of hydrogen-bond acceptors (Lipinski definition) is 4. The lowest BCUT2D eigenvalue weighted by atomic mass is 10.2. The van der Waals surface area contributed by atoms with Gasteiger partial charge in [0.2, 0.25) is 0 Å². The van der Waals surface area contributed by atoms with E-state index in [4.69, 9.17) is 18.0 Å². The smallest absolute Gasteiger partial charge is 0.487 e. The van der Waals surface area contributed by atoms with Gasteiger partial charge in [0, 0.05) is 26.5 Å². The summed E-state index contributed by atoms with van der Waals surface area (Å²) in [6, 6.07) is 5.86. The summed E-state index contributed by atoms with van der Waals surface area (Å²) in [5, 5.41) is 0.922. The first-order valence-corrected chi connectivity index (χ1v) is 8.73. The fraction of sp³-hybridized carbons (Fsp3) is 0.538. The summed E-state index contributed by atoms with van der Waals surface area (Å²) in [6.07, 6.45) is 0. The van der Waals surface area contributed by atoms with E-state index >= 15 is 0 Å². The first kappa shape index (κ1) is 16.9. The Kier molecular flexibility index (Phi) is 5.81. The molecule has 0 bridgehead atoms. The van der Waals surface area contributed by atoms with E-state index in [1.807, 2.05) is 39.0 Å². The normalized spacial score (nSPS) is 12.6. The van der Waals surface area contributed by atoms with E-state index in [-0.39, 0.29) is 5.60 Å². The highest BCUT2D eigenvalue weighted by molar-refractivity contribution is 14.1. The van der Waals surface area contributed by atoms with Gasteiger partial charge in [-0.25, -0.2) is 0 Å². The van der Waals surface area contributed by atoms with Gasteiger partial charge in [-0.3, -0.25) is 0 Å². The Balaban J connectivity index is 3.12. The van der Waals surface area contributed by atoms with E-state index < -0.39 is 8.80 Å². The minimum absolute atomic E-state index is 0.222. The molecule has 0 amide bonds. The van der Waals surface area contributed by atoms with E-state index in [2.05, 4.69) is 22.6 Å². The number of rotatable bonds is 5. The quantitative estimate of drug-likeness (QED) is 0.567. The summed E-state index contributed by atoms with van der Waals surface area (Å²) in [5.41, 5.74) is -0.222. The number of ether oxygens (including phenoxy) is 1. The molecular weight excluding hydrogens is 375 g/mol. The highest BCUT2D eigenvalue weighted by atomic mass is 127. The Morgan fingerprint density at radius 2 is 1.53 bits per heavy atom. The zero-order valence-corrected chi connectivity index (χ0v) is 15.4. The van der Waals surface area contributed by atoms with Crippen molar-refractivity contribution in [3.05, 3.63) is 21.8 Å². The maximum Gasteiger partial charge on any atom is 0.536 e. The third-order valence-electron chi connectivity index (χ3n) is 2.51. The first-order valence-electron chi connectivity index (χ1n) is 5.92. The molecule has 108 valence electrons. The summed E-state index contributed by atoms with van der Waals surface area (Å²) in [4.78, 5) is 0. The molecule has 4 nitrogen and oxygen atoms in total. The first-order chi connectivity index (χ1) is 8.78. The second-order valence-corrected chi connectivity index (χ2v) is 9.10. The molecule has 1 rings (SSSR count). The van der Waals surface area contributed by atoms with Crippen LogP contribution in [0.2, 0.25) is 0 Å². The van der Waals surface area contributed by atoms with E-state index in [9.17, 15) is 0 Å². The summed E-state index contributed by atoms with van der Waals surface area (Å²) in [6.45, 7) is 6.07. The molecule has 0 heterocycles. The molecule has 0 N–H and O–H groups in total. The zero-order valence-electron chi connectivity index (χ0n) is 12.2. The molecule has 0 aromatic heterocycles. The van der Waals surface area contributed by atoms with Crippen molar-refractivity contribution in [2.45, 2.75) is 26.4 Å². The Morgan fingerprint density at radius 3 is 1.89 bits per heavy atom. The molecule has 0 saturated heterocycles. The molecule has 0 fully saturated rings. The third-order valence-corrected chi connectivity index (χ3v) is 5.98. The maximum atomic E-state index is 5.89. The van der Waals surface area contributed by atoms with Crippen molar-refractivity contribution in [3.63, 3.8) is 0 Å². The van der Waals surface area contributed by atoms with Crippen LogP contribution in [-0.2, 0) is 13.3 Å².